The number of non-ortho nitro benzene ring substituents is 1. The number of aromatic nitrogens is 1. The van der Waals surface area contributed by atoms with Gasteiger partial charge in [0.15, 0.2) is 5.13 Å². The summed E-state index contributed by atoms with van der Waals surface area (Å²) in [6, 6.07) is 6.83. The van der Waals surface area contributed by atoms with Gasteiger partial charge in [-0.2, -0.15) is 0 Å². The van der Waals surface area contributed by atoms with Gasteiger partial charge in [-0.25, -0.2) is 4.98 Å². The molecule has 11 heteroatoms. The van der Waals surface area contributed by atoms with E-state index in [2.05, 4.69) is 10.3 Å². The highest BCUT2D eigenvalue weighted by Crippen LogP contribution is 2.30. The third kappa shape index (κ3) is 3.00. The first-order valence-electron chi connectivity index (χ1n) is 6.04. The number of thiophene rings is 1. The van der Waals surface area contributed by atoms with E-state index in [1.807, 2.05) is 0 Å². The number of fused-ring (bicyclic) bond motifs is 1. The largest absolute Gasteiger partial charge is 0.324 e. The van der Waals surface area contributed by atoms with E-state index in [0.29, 0.717) is 10.2 Å². The van der Waals surface area contributed by atoms with Crippen molar-refractivity contribution in [2.45, 2.75) is 0 Å². The van der Waals surface area contributed by atoms with Gasteiger partial charge in [-0.05, 0) is 12.1 Å². The number of nitro groups is 2. The van der Waals surface area contributed by atoms with Crippen molar-refractivity contribution in [3.8, 4) is 0 Å². The Hall–Kier alpha value is -2.92. The van der Waals surface area contributed by atoms with Crippen LogP contribution in [0.5, 0.6) is 0 Å². The van der Waals surface area contributed by atoms with Crippen LogP contribution in [-0.4, -0.2) is 20.7 Å². The van der Waals surface area contributed by atoms with Crippen LogP contribution >= 0.6 is 22.7 Å². The van der Waals surface area contributed by atoms with E-state index in [0.717, 1.165) is 22.7 Å². The molecule has 1 N–H and O–H groups in total. The molecule has 0 spiro atoms. The maximum absolute atomic E-state index is 12.0. The van der Waals surface area contributed by atoms with Gasteiger partial charge in [-0.15, -0.1) is 0 Å². The summed E-state index contributed by atoms with van der Waals surface area (Å²) < 4.78 is 0.683. The Morgan fingerprint density at radius 2 is 1.87 bits per heavy atom. The molecule has 0 unspecified atom stereocenters. The van der Waals surface area contributed by atoms with Crippen molar-refractivity contribution in [2.24, 2.45) is 0 Å². The first-order chi connectivity index (χ1) is 10.9. The minimum Gasteiger partial charge on any atom is -0.297 e. The maximum atomic E-state index is 12.0. The molecule has 3 rings (SSSR count). The summed E-state index contributed by atoms with van der Waals surface area (Å²) in [6.07, 6.45) is 0. The van der Waals surface area contributed by atoms with Crippen molar-refractivity contribution in [3.05, 3.63) is 55.4 Å². The lowest BCUT2D eigenvalue weighted by atomic mass is 10.3. The van der Waals surface area contributed by atoms with Gasteiger partial charge in [0.05, 0.1) is 24.9 Å². The van der Waals surface area contributed by atoms with Gasteiger partial charge in [0.2, 0.25) is 0 Å². The molecule has 0 fully saturated rings. The Balaban J connectivity index is 1.84. The molecule has 0 aliphatic rings. The highest BCUT2D eigenvalue weighted by atomic mass is 32.1. The number of nitrogens with zero attached hydrogens (tertiary/aromatic N) is 3. The zero-order valence-electron chi connectivity index (χ0n) is 11.1. The zero-order valence-corrected chi connectivity index (χ0v) is 12.7. The summed E-state index contributed by atoms with van der Waals surface area (Å²) in [5, 5.41) is 24.0. The SMILES string of the molecule is O=C(Nc1nc2cc([N+](=O)[O-])ccc2s1)c1ccc([N+](=O)[O-])s1. The molecular weight excluding hydrogens is 344 g/mol. The molecule has 0 saturated carbocycles. The third-order valence-corrected chi connectivity index (χ3v) is 4.79. The highest BCUT2D eigenvalue weighted by molar-refractivity contribution is 7.22. The van der Waals surface area contributed by atoms with Crippen LogP contribution in [0.1, 0.15) is 9.67 Å². The first-order valence-corrected chi connectivity index (χ1v) is 7.68. The summed E-state index contributed by atoms with van der Waals surface area (Å²) in [7, 11) is 0. The van der Waals surface area contributed by atoms with Gasteiger partial charge in [0.25, 0.3) is 11.6 Å². The quantitative estimate of drug-likeness (QED) is 0.567. The normalized spacial score (nSPS) is 10.6. The van der Waals surface area contributed by atoms with E-state index in [1.54, 1.807) is 6.07 Å². The fourth-order valence-electron chi connectivity index (χ4n) is 1.79. The Morgan fingerprint density at radius 3 is 2.52 bits per heavy atom. The topological polar surface area (TPSA) is 128 Å². The van der Waals surface area contributed by atoms with Crippen molar-refractivity contribution in [3.63, 3.8) is 0 Å². The molecule has 2 aromatic heterocycles. The molecule has 0 bridgehead atoms. The van der Waals surface area contributed by atoms with Gasteiger partial charge in [0, 0.05) is 18.2 Å². The molecule has 1 amide bonds. The number of amides is 1. The standard InChI is InChI=1S/C12H6N4O5S2/c17-11(9-3-4-10(22-9)16(20)21)14-12-13-7-5-6(15(18)19)1-2-8(7)23-12/h1-5H,(H,13,14,17). The first kappa shape index (κ1) is 15.0. The Kier molecular flexibility index (Phi) is 3.72. The number of hydrogen-bond donors (Lipinski definition) is 1. The van der Waals surface area contributed by atoms with Gasteiger partial charge in [-0.1, -0.05) is 22.7 Å². The molecule has 23 heavy (non-hydrogen) atoms. The van der Waals surface area contributed by atoms with Crippen LogP contribution in [-0.2, 0) is 0 Å². The van der Waals surface area contributed by atoms with Crippen LogP contribution in [0.15, 0.2) is 30.3 Å². The summed E-state index contributed by atoms with van der Waals surface area (Å²) in [4.78, 5) is 36.6. The number of hydrogen-bond acceptors (Lipinski definition) is 8. The number of nitrogens with one attached hydrogen (secondary N) is 1. The monoisotopic (exact) mass is 350 g/mol. The molecule has 0 radical (unpaired) electrons. The van der Waals surface area contributed by atoms with Crippen molar-refractivity contribution in [1.82, 2.24) is 4.98 Å². The lowest BCUT2D eigenvalue weighted by Gasteiger charge is -1.96. The molecule has 1 aromatic carbocycles. The molecule has 0 aliphatic carbocycles. The number of benzene rings is 1. The maximum Gasteiger partial charge on any atom is 0.324 e. The van der Waals surface area contributed by atoms with Crippen LogP contribution in [0.2, 0.25) is 0 Å². The van der Waals surface area contributed by atoms with Crippen molar-refractivity contribution in [1.29, 1.82) is 0 Å². The second kappa shape index (κ2) is 5.70. The molecule has 0 atom stereocenters. The molecule has 2 heterocycles. The fraction of sp³-hybridized carbons (Fsp3) is 0. The summed E-state index contributed by atoms with van der Waals surface area (Å²) in [5.74, 6) is -0.517. The average Bonchev–Trinajstić information content (AvgIpc) is 3.12. The fourth-order valence-corrected chi connectivity index (χ4v) is 3.35. The molecular formula is C12H6N4O5S2. The number of rotatable bonds is 4. The minimum atomic E-state index is -0.571. The Morgan fingerprint density at radius 1 is 1.09 bits per heavy atom. The van der Waals surface area contributed by atoms with E-state index < -0.39 is 15.8 Å². The van der Waals surface area contributed by atoms with Crippen LogP contribution < -0.4 is 5.32 Å². The van der Waals surface area contributed by atoms with Crippen LogP contribution in [0.3, 0.4) is 0 Å². The number of thiazole rings is 1. The van der Waals surface area contributed by atoms with Gasteiger partial charge >= 0.3 is 5.00 Å². The zero-order chi connectivity index (χ0) is 16.6. The summed E-state index contributed by atoms with van der Waals surface area (Å²) in [5.41, 5.74) is 0.311. The molecule has 3 aromatic rings. The average molecular weight is 350 g/mol. The predicted octanol–water partition coefficient (Wildman–Crippen LogP) is 3.43. The van der Waals surface area contributed by atoms with Crippen molar-refractivity contribution in [2.75, 3.05) is 5.32 Å². The van der Waals surface area contributed by atoms with Crippen molar-refractivity contribution < 1.29 is 14.6 Å². The molecule has 116 valence electrons. The number of carbonyl (C=O) groups is 1. The predicted molar refractivity (Wildman–Crippen MR) is 85.2 cm³/mol. The molecule has 9 nitrogen and oxygen atoms in total. The summed E-state index contributed by atoms with van der Waals surface area (Å²) >= 11 is 1.92. The molecule has 0 aliphatic heterocycles. The molecule has 0 saturated heterocycles. The third-order valence-electron chi connectivity index (χ3n) is 2.80. The highest BCUT2D eigenvalue weighted by Gasteiger charge is 2.17. The number of carbonyl (C=O) groups excluding carboxylic acids is 1. The second-order valence-corrected chi connectivity index (χ2v) is 6.37. The Labute approximate surface area is 135 Å². The smallest absolute Gasteiger partial charge is 0.297 e. The van der Waals surface area contributed by atoms with Crippen molar-refractivity contribution >= 4 is 54.6 Å². The minimum absolute atomic E-state index is 0.0884. The van der Waals surface area contributed by atoms with Crippen LogP contribution in [0.4, 0.5) is 15.8 Å². The van der Waals surface area contributed by atoms with Gasteiger partial charge in [0.1, 0.15) is 0 Å². The van der Waals surface area contributed by atoms with Gasteiger partial charge < -0.3 is 0 Å². The van der Waals surface area contributed by atoms with E-state index in [4.69, 9.17) is 0 Å². The second-order valence-electron chi connectivity index (χ2n) is 4.28. The van der Waals surface area contributed by atoms with Crippen LogP contribution in [0.25, 0.3) is 10.2 Å². The number of nitro benzene ring substituents is 1. The van der Waals surface area contributed by atoms with E-state index >= 15 is 0 Å². The lowest BCUT2D eigenvalue weighted by molar-refractivity contribution is -0.384. The number of anilines is 1. The van der Waals surface area contributed by atoms with E-state index in [-0.39, 0.29) is 20.7 Å². The Bertz CT molecular complexity index is 948. The van der Waals surface area contributed by atoms with Crippen LogP contribution in [0, 0.1) is 20.2 Å². The lowest BCUT2D eigenvalue weighted by Crippen LogP contribution is -2.09. The summed E-state index contributed by atoms with van der Waals surface area (Å²) in [6.45, 7) is 0. The van der Waals surface area contributed by atoms with E-state index in [1.165, 1.54) is 24.3 Å². The van der Waals surface area contributed by atoms with Gasteiger partial charge in [-0.3, -0.25) is 30.3 Å². The van der Waals surface area contributed by atoms with E-state index in [9.17, 15) is 25.0 Å².